The molecule has 1 aromatic heterocycles. The van der Waals surface area contributed by atoms with Crippen LogP contribution in [0.2, 0.25) is 0 Å². The third-order valence-electron chi connectivity index (χ3n) is 5.70. The van der Waals surface area contributed by atoms with E-state index in [-0.39, 0.29) is 11.6 Å². The fraction of sp³-hybridized carbons (Fsp3) is 0.333. The van der Waals surface area contributed by atoms with Gasteiger partial charge in [-0.15, -0.1) is 0 Å². The Morgan fingerprint density at radius 1 is 1.00 bits per heavy atom. The van der Waals surface area contributed by atoms with E-state index in [1.54, 1.807) is 24.4 Å². The first-order valence-corrected chi connectivity index (χ1v) is 11.0. The Morgan fingerprint density at radius 2 is 1.72 bits per heavy atom. The predicted octanol–water partition coefficient (Wildman–Crippen LogP) is 4.09. The van der Waals surface area contributed by atoms with Crippen LogP contribution in [0.5, 0.6) is 0 Å². The molecule has 0 bridgehead atoms. The topological polar surface area (TPSA) is 93.3 Å². The van der Waals surface area contributed by atoms with Crippen molar-refractivity contribution in [2.45, 2.75) is 38.8 Å². The van der Waals surface area contributed by atoms with Crippen LogP contribution in [0.4, 0.5) is 5.69 Å². The van der Waals surface area contributed by atoms with Gasteiger partial charge in [-0.1, -0.05) is 37.1 Å². The summed E-state index contributed by atoms with van der Waals surface area (Å²) in [5, 5.41) is 18.0. The van der Waals surface area contributed by atoms with Gasteiger partial charge < -0.3 is 5.32 Å². The molecular formula is C24H27N5O3. The molecule has 4 rings (SSSR count). The average Bonchev–Trinajstić information content (AvgIpc) is 3.17. The number of carbonyl (C=O) groups excluding carboxylic acids is 1. The molecule has 8 heteroatoms. The van der Waals surface area contributed by atoms with Crippen LogP contribution in [0.15, 0.2) is 60.8 Å². The Morgan fingerprint density at radius 3 is 2.44 bits per heavy atom. The SMILES string of the molecule is O=C(NCc1cccc(CN2CCCCCC2)c1)c1ccn(-c2ccc([N+](=O)[O-])cc2)n1. The van der Waals surface area contributed by atoms with Gasteiger partial charge in [-0.3, -0.25) is 19.8 Å². The highest BCUT2D eigenvalue weighted by Crippen LogP contribution is 2.16. The zero-order valence-electron chi connectivity index (χ0n) is 17.9. The van der Waals surface area contributed by atoms with Gasteiger partial charge in [0, 0.05) is 31.4 Å². The zero-order valence-corrected chi connectivity index (χ0v) is 17.9. The second-order valence-electron chi connectivity index (χ2n) is 8.11. The van der Waals surface area contributed by atoms with Crippen molar-refractivity contribution >= 4 is 11.6 Å². The van der Waals surface area contributed by atoms with Crippen LogP contribution in [0.1, 0.15) is 47.3 Å². The Labute approximate surface area is 187 Å². The Balaban J connectivity index is 1.34. The van der Waals surface area contributed by atoms with Gasteiger partial charge in [0.15, 0.2) is 5.69 Å². The van der Waals surface area contributed by atoms with E-state index in [4.69, 9.17) is 0 Å². The van der Waals surface area contributed by atoms with Crippen molar-refractivity contribution in [3.63, 3.8) is 0 Å². The minimum Gasteiger partial charge on any atom is -0.347 e. The van der Waals surface area contributed by atoms with Crippen molar-refractivity contribution < 1.29 is 9.72 Å². The fourth-order valence-corrected chi connectivity index (χ4v) is 3.98. The number of nitro benzene ring substituents is 1. The molecular weight excluding hydrogens is 406 g/mol. The third kappa shape index (κ3) is 5.59. The number of carbonyl (C=O) groups is 1. The fourth-order valence-electron chi connectivity index (χ4n) is 3.98. The summed E-state index contributed by atoms with van der Waals surface area (Å²) in [5.41, 5.74) is 3.28. The van der Waals surface area contributed by atoms with E-state index in [2.05, 4.69) is 27.4 Å². The van der Waals surface area contributed by atoms with Crippen molar-refractivity contribution in [1.82, 2.24) is 20.0 Å². The number of nitrogens with one attached hydrogen (secondary N) is 1. The number of rotatable bonds is 7. The number of benzene rings is 2. The number of hydrogen-bond acceptors (Lipinski definition) is 5. The number of nitrogens with zero attached hydrogens (tertiary/aromatic N) is 4. The van der Waals surface area contributed by atoms with E-state index >= 15 is 0 Å². The van der Waals surface area contributed by atoms with Crippen molar-refractivity contribution in [2.24, 2.45) is 0 Å². The normalized spacial score (nSPS) is 14.6. The lowest BCUT2D eigenvalue weighted by Gasteiger charge is -2.20. The average molecular weight is 434 g/mol. The number of likely N-dealkylation sites (tertiary alicyclic amines) is 1. The lowest BCUT2D eigenvalue weighted by Crippen LogP contribution is -2.25. The van der Waals surface area contributed by atoms with Crippen LogP contribution in [-0.2, 0) is 13.1 Å². The molecule has 0 unspecified atom stereocenters. The number of hydrogen-bond donors (Lipinski definition) is 1. The molecule has 8 nitrogen and oxygen atoms in total. The van der Waals surface area contributed by atoms with E-state index in [1.165, 1.54) is 48.1 Å². The molecule has 1 aliphatic heterocycles. The lowest BCUT2D eigenvalue weighted by molar-refractivity contribution is -0.384. The summed E-state index contributed by atoms with van der Waals surface area (Å²) in [4.78, 5) is 25.4. The lowest BCUT2D eigenvalue weighted by atomic mass is 10.1. The highest BCUT2D eigenvalue weighted by atomic mass is 16.6. The Kier molecular flexibility index (Phi) is 6.91. The quantitative estimate of drug-likeness (QED) is 0.448. The maximum absolute atomic E-state index is 12.6. The van der Waals surface area contributed by atoms with Gasteiger partial charge in [0.2, 0.25) is 0 Å². The van der Waals surface area contributed by atoms with Gasteiger partial charge in [-0.05, 0) is 55.3 Å². The first-order chi connectivity index (χ1) is 15.6. The Bertz CT molecular complexity index is 1070. The van der Waals surface area contributed by atoms with Crippen LogP contribution >= 0.6 is 0 Å². The van der Waals surface area contributed by atoms with Gasteiger partial charge in [-0.2, -0.15) is 5.10 Å². The molecule has 1 amide bonds. The predicted molar refractivity (Wildman–Crippen MR) is 122 cm³/mol. The molecule has 2 heterocycles. The number of amides is 1. The molecule has 0 radical (unpaired) electrons. The summed E-state index contributed by atoms with van der Waals surface area (Å²) < 4.78 is 1.53. The third-order valence-corrected chi connectivity index (χ3v) is 5.70. The molecule has 1 saturated heterocycles. The van der Waals surface area contributed by atoms with Gasteiger partial charge in [-0.25, -0.2) is 4.68 Å². The number of aromatic nitrogens is 2. The molecule has 0 aliphatic carbocycles. The molecule has 1 N–H and O–H groups in total. The first-order valence-electron chi connectivity index (χ1n) is 11.0. The minimum atomic E-state index is -0.450. The van der Waals surface area contributed by atoms with Gasteiger partial charge in [0.1, 0.15) is 0 Å². The maximum Gasteiger partial charge on any atom is 0.272 e. The summed E-state index contributed by atoms with van der Waals surface area (Å²) >= 11 is 0. The Hall–Kier alpha value is -3.52. The molecule has 1 aliphatic rings. The van der Waals surface area contributed by atoms with Crippen LogP contribution in [0.25, 0.3) is 5.69 Å². The summed E-state index contributed by atoms with van der Waals surface area (Å²) in [7, 11) is 0. The van der Waals surface area contributed by atoms with E-state index in [0.29, 0.717) is 17.9 Å². The zero-order chi connectivity index (χ0) is 22.3. The summed E-state index contributed by atoms with van der Waals surface area (Å²) in [5.74, 6) is -0.261. The van der Waals surface area contributed by atoms with Crippen LogP contribution < -0.4 is 5.32 Å². The maximum atomic E-state index is 12.6. The van der Waals surface area contributed by atoms with E-state index in [9.17, 15) is 14.9 Å². The summed E-state index contributed by atoms with van der Waals surface area (Å²) in [6, 6.07) is 16.0. The number of non-ortho nitro benzene ring substituents is 1. The van der Waals surface area contributed by atoms with Crippen molar-refractivity contribution in [3.05, 3.63) is 87.7 Å². The largest absolute Gasteiger partial charge is 0.347 e. The number of nitro groups is 1. The van der Waals surface area contributed by atoms with Gasteiger partial charge in [0.05, 0.1) is 10.6 Å². The van der Waals surface area contributed by atoms with Crippen LogP contribution in [0, 0.1) is 10.1 Å². The molecule has 1 fully saturated rings. The summed E-state index contributed by atoms with van der Waals surface area (Å²) in [6.07, 6.45) is 6.84. The van der Waals surface area contributed by atoms with Crippen molar-refractivity contribution in [2.75, 3.05) is 13.1 Å². The second-order valence-corrected chi connectivity index (χ2v) is 8.11. The van der Waals surface area contributed by atoms with Crippen LogP contribution in [-0.4, -0.2) is 38.6 Å². The molecule has 0 spiro atoms. The molecule has 2 aromatic carbocycles. The summed E-state index contributed by atoms with van der Waals surface area (Å²) in [6.45, 7) is 3.68. The van der Waals surface area contributed by atoms with Crippen molar-refractivity contribution in [1.29, 1.82) is 0 Å². The van der Waals surface area contributed by atoms with Crippen molar-refractivity contribution in [3.8, 4) is 5.69 Å². The highest BCUT2D eigenvalue weighted by Gasteiger charge is 2.12. The molecule has 166 valence electrons. The molecule has 32 heavy (non-hydrogen) atoms. The second kappa shape index (κ2) is 10.2. The highest BCUT2D eigenvalue weighted by molar-refractivity contribution is 5.92. The molecule has 0 atom stereocenters. The minimum absolute atomic E-state index is 0.0111. The van der Waals surface area contributed by atoms with Gasteiger partial charge >= 0.3 is 0 Å². The first kappa shape index (κ1) is 21.7. The smallest absolute Gasteiger partial charge is 0.272 e. The molecule has 3 aromatic rings. The van der Waals surface area contributed by atoms with Gasteiger partial charge in [0.25, 0.3) is 11.6 Å². The van der Waals surface area contributed by atoms with Crippen LogP contribution in [0.3, 0.4) is 0 Å². The molecule has 0 saturated carbocycles. The standard InChI is InChI=1S/C24H27N5O3/c30-24(23-12-15-28(26-23)21-8-10-22(11-9-21)29(31)32)25-17-19-6-5-7-20(16-19)18-27-13-3-1-2-4-14-27/h5-12,15-16H,1-4,13-14,17-18H2,(H,25,30). The monoisotopic (exact) mass is 433 g/mol. The van der Waals surface area contributed by atoms with E-state index in [0.717, 1.165) is 25.2 Å². The van der Waals surface area contributed by atoms with E-state index in [1.807, 2.05) is 12.1 Å². The van der Waals surface area contributed by atoms with E-state index < -0.39 is 4.92 Å².